The minimum atomic E-state index is -3.84. The molecule has 0 spiro atoms. The SMILES string of the molecule is CC(C)(C)OC(=O)C1C(C)(C)COS1(=O)=O. The Kier molecular flexibility index (Phi) is 3.11. The van der Waals surface area contributed by atoms with Crippen molar-refractivity contribution in [2.45, 2.75) is 45.5 Å². The predicted molar refractivity (Wildman–Crippen MR) is 58.3 cm³/mol. The fourth-order valence-electron chi connectivity index (χ4n) is 1.56. The number of hydrogen-bond acceptors (Lipinski definition) is 5. The maximum atomic E-state index is 11.8. The number of ether oxygens (including phenoxy) is 1. The van der Waals surface area contributed by atoms with Crippen LogP contribution >= 0.6 is 0 Å². The lowest BCUT2D eigenvalue weighted by Crippen LogP contribution is -2.42. The molecule has 0 radical (unpaired) electrons. The van der Waals surface area contributed by atoms with E-state index in [0.717, 1.165) is 0 Å². The Morgan fingerprint density at radius 3 is 2.19 bits per heavy atom. The molecule has 0 bridgehead atoms. The van der Waals surface area contributed by atoms with Crippen LogP contribution in [0.4, 0.5) is 0 Å². The van der Waals surface area contributed by atoms with Crippen LogP contribution in [0, 0.1) is 5.41 Å². The summed E-state index contributed by atoms with van der Waals surface area (Å²) in [6.45, 7) is 8.44. The minimum Gasteiger partial charge on any atom is -0.459 e. The first-order chi connectivity index (χ1) is 6.96. The number of hydrogen-bond donors (Lipinski definition) is 0. The first-order valence-electron chi connectivity index (χ1n) is 5.07. The van der Waals surface area contributed by atoms with Crippen LogP contribution < -0.4 is 0 Å². The Morgan fingerprint density at radius 1 is 1.38 bits per heavy atom. The predicted octanol–water partition coefficient (Wildman–Crippen LogP) is 1.08. The van der Waals surface area contributed by atoms with Gasteiger partial charge in [0.25, 0.3) is 10.1 Å². The van der Waals surface area contributed by atoms with Crippen LogP contribution in [0.3, 0.4) is 0 Å². The highest BCUT2D eigenvalue weighted by molar-refractivity contribution is 7.88. The van der Waals surface area contributed by atoms with E-state index in [1.54, 1.807) is 34.6 Å². The Bertz CT molecular complexity index is 388. The van der Waals surface area contributed by atoms with Crippen LogP contribution in [-0.2, 0) is 23.8 Å². The lowest BCUT2D eigenvalue weighted by atomic mass is 9.90. The normalized spacial score (nSPS) is 27.7. The summed E-state index contributed by atoms with van der Waals surface area (Å²) >= 11 is 0. The van der Waals surface area contributed by atoms with Crippen molar-refractivity contribution in [2.24, 2.45) is 5.41 Å². The lowest BCUT2D eigenvalue weighted by molar-refractivity contribution is -0.156. The molecule has 6 heteroatoms. The average molecular weight is 250 g/mol. The van der Waals surface area contributed by atoms with Crippen LogP contribution in [0.25, 0.3) is 0 Å². The summed E-state index contributed by atoms with van der Waals surface area (Å²) in [5.41, 5.74) is -1.45. The number of rotatable bonds is 1. The van der Waals surface area contributed by atoms with E-state index < -0.39 is 32.4 Å². The largest absolute Gasteiger partial charge is 0.459 e. The van der Waals surface area contributed by atoms with E-state index in [-0.39, 0.29) is 6.61 Å². The molecule has 1 unspecified atom stereocenters. The van der Waals surface area contributed by atoms with Gasteiger partial charge in [-0.25, -0.2) is 0 Å². The molecule has 0 aromatic rings. The van der Waals surface area contributed by atoms with Gasteiger partial charge in [0.05, 0.1) is 6.61 Å². The van der Waals surface area contributed by atoms with E-state index in [1.165, 1.54) is 0 Å². The Morgan fingerprint density at radius 2 is 1.88 bits per heavy atom. The average Bonchev–Trinajstić information content (AvgIpc) is 2.16. The van der Waals surface area contributed by atoms with Crippen LogP contribution in [-0.4, -0.2) is 31.8 Å². The zero-order valence-electron chi connectivity index (χ0n) is 10.2. The molecule has 0 aromatic heterocycles. The summed E-state index contributed by atoms with van der Waals surface area (Å²) < 4.78 is 32.9. The van der Waals surface area contributed by atoms with E-state index in [4.69, 9.17) is 4.74 Å². The van der Waals surface area contributed by atoms with Crippen molar-refractivity contribution >= 4 is 16.1 Å². The van der Waals surface area contributed by atoms with Crippen molar-refractivity contribution in [1.29, 1.82) is 0 Å². The summed E-state index contributed by atoms with van der Waals surface area (Å²) in [6.07, 6.45) is 0. The third-order valence-electron chi connectivity index (χ3n) is 2.21. The molecule has 1 aliphatic heterocycles. The van der Waals surface area contributed by atoms with E-state index in [2.05, 4.69) is 4.18 Å². The highest BCUT2D eigenvalue weighted by Crippen LogP contribution is 2.36. The van der Waals surface area contributed by atoms with Gasteiger partial charge in [0.1, 0.15) is 5.60 Å². The quantitative estimate of drug-likeness (QED) is 0.514. The van der Waals surface area contributed by atoms with Gasteiger partial charge in [-0.1, -0.05) is 13.8 Å². The van der Waals surface area contributed by atoms with Gasteiger partial charge in [-0.2, -0.15) is 8.42 Å². The third kappa shape index (κ3) is 2.74. The molecular weight excluding hydrogens is 232 g/mol. The molecular formula is C10H18O5S. The van der Waals surface area contributed by atoms with Crippen molar-refractivity contribution in [2.75, 3.05) is 6.61 Å². The second-order valence-corrected chi connectivity index (χ2v) is 7.35. The molecule has 0 aromatic carbocycles. The Hall–Kier alpha value is -0.620. The molecule has 0 aliphatic carbocycles. The molecule has 0 saturated carbocycles. The summed E-state index contributed by atoms with van der Waals surface area (Å²) in [5, 5.41) is -1.24. The highest BCUT2D eigenvalue weighted by atomic mass is 32.2. The van der Waals surface area contributed by atoms with Gasteiger partial charge in [-0.15, -0.1) is 0 Å². The van der Waals surface area contributed by atoms with Crippen LogP contribution in [0.5, 0.6) is 0 Å². The molecule has 0 N–H and O–H groups in total. The van der Waals surface area contributed by atoms with Crippen molar-refractivity contribution < 1.29 is 22.1 Å². The molecule has 1 fully saturated rings. The second-order valence-electron chi connectivity index (χ2n) is 5.66. The minimum absolute atomic E-state index is 0.0131. The van der Waals surface area contributed by atoms with Crippen molar-refractivity contribution in [3.05, 3.63) is 0 Å². The topological polar surface area (TPSA) is 69.7 Å². The Balaban J connectivity index is 2.98. The Labute approximate surface area is 96.2 Å². The molecule has 1 heterocycles. The smallest absolute Gasteiger partial charge is 0.328 e. The van der Waals surface area contributed by atoms with E-state index >= 15 is 0 Å². The van der Waals surface area contributed by atoms with Crippen LogP contribution in [0.1, 0.15) is 34.6 Å². The van der Waals surface area contributed by atoms with Gasteiger partial charge < -0.3 is 4.74 Å². The van der Waals surface area contributed by atoms with Gasteiger partial charge in [-0.3, -0.25) is 8.98 Å². The summed E-state index contributed by atoms with van der Waals surface area (Å²) in [7, 11) is -3.84. The molecule has 16 heavy (non-hydrogen) atoms. The number of carbonyl (C=O) groups excluding carboxylic acids is 1. The third-order valence-corrected chi connectivity index (χ3v) is 4.07. The van der Waals surface area contributed by atoms with E-state index in [9.17, 15) is 13.2 Å². The summed E-state index contributed by atoms with van der Waals surface area (Å²) in [5.74, 6) is -0.741. The molecule has 1 aliphatic rings. The van der Waals surface area contributed by atoms with E-state index in [1.807, 2.05) is 0 Å². The first kappa shape index (κ1) is 13.4. The standard InChI is InChI=1S/C10H18O5S/c1-9(2,3)15-8(11)7-10(4,5)6-14-16(7,12)13/h7H,6H2,1-5H3. The lowest BCUT2D eigenvalue weighted by Gasteiger charge is -2.26. The first-order valence-corrected chi connectivity index (χ1v) is 6.54. The molecule has 1 atom stereocenters. The highest BCUT2D eigenvalue weighted by Gasteiger charge is 2.53. The van der Waals surface area contributed by atoms with Gasteiger partial charge in [0.2, 0.25) is 0 Å². The van der Waals surface area contributed by atoms with Crippen molar-refractivity contribution in [3.8, 4) is 0 Å². The zero-order valence-corrected chi connectivity index (χ0v) is 11.1. The van der Waals surface area contributed by atoms with Gasteiger partial charge in [-0.05, 0) is 20.8 Å². The zero-order chi connectivity index (χ0) is 12.8. The van der Waals surface area contributed by atoms with Crippen LogP contribution in [0.15, 0.2) is 0 Å². The molecule has 1 saturated heterocycles. The monoisotopic (exact) mass is 250 g/mol. The van der Waals surface area contributed by atoms with E-state index in [0.29, 0.717) is 0 Å². The van der Waals surface area contributed by atoms with Gasteiger partial charge in [0, 0.05) is 5.41 Å². The fraction of sp³-hybridized carbons (Fsp3) is 0.900. The number of esters is 1. The molecule has 94 valence electrons. The van der Waals surface area contributed by atoms with Crippen molar-refractivity contribution in [3.63, 3.8) is 0 Å². The van der Waals surface area contributed by atoms with Gasteiger partial charge >= 0.3 is 5.97 Å². The maximum Gasteiger partial charge on any atom is 0.328 e. The molecule has 1 rings (SSSR count). The number of carbonyl (C=O) groups is 1. The van der Waals surface area contributed by atoms with Crippen molar-refractivity contribution in [1.82, 2.24) is 0 Å². The van der Waals surface area contributed by atoms with Crippen LogP contribution in [0.2, 0.25) is 0 Å². The molecule has 0 amide bonds. The molecule has 5 nitrogen and oxygen atoms in total. The fourth-order valence-corrected chi connectivity index (χ4v) is 3.30. The second kappa shape index (κ2) is 3.70. The summed E-state index contributed by atoms with van der Waals surface area (Å²) in [4.78, 5) is 11.8. The maximum absolute atomic E-state index is 11.8. The summed E-state index contributed by atoms with van der Waals surface area (Å²) in [6, 6.07) is 0. The van der Waals surface area contributed by atoms with Gasteiger partial charge in [0.15, 0.2) is 5.25 Å².